The van der Waals surface area contributed by atoms with E-state index >= 15 is 0 Å². The molecule has 0 aliphatic rings. The van der Waals surface area contributed by atoms with E-state index in [2.05, 4.69) is 15.5 Å². The first-order valence-electron chi connectivity index (χ1n) is 5.10. The third kappa shape index (κ3) is 2.54. The Balaban J connectivity index is 2.47. The molecule has 1 aromatic heterocycles. The Kier molecular flexibility index (Phi) is 3.46. The van der Waals surface area contributed by atoms with Gasteiger partial charge in [-0.1, -0.05) is 17.7 Å². The van der Waals surface area contributed by atoms with Crippen LogP contribution in [-0.2, 0) is 0 Å². The molecule has 0 unspecified atom stereocenters. The molecule has 0 bridgehead atoms. The molecule has 92 valence electrons. The molecule has 2 N–H and O–H groups in total. The highest BCUT2D eigenvalue weighted by Crippen LogP contribution is 2.22. The quantitative estimate of drug-likeness (QED) is 0.643. The normalized spacial score (nSPS) is 9.42. The number of nitriles is 2. The van der Waals surface area contributed by atoms with Crippen molar-refractivity contribution < 1.29 is 0 Å². The minimum atomic E-state index is -0.305. The lowest BCUT2D eigenvalue weighted by molar-refractivity contribution is 1.27. The number of halogens is 1. The van der Waals surface area contributed by atoms with Gasteiger partial charge in [0.2, 0.25) is 5.71 Å². The summed E-state index contributed by atoms with van der Waals surface area (Å²) in [6, 6.07) is 8.07. The van der Waals surface area contributed by atoms with E-state index in [1.54, 1.807) is 24.3 Å². The number of aromatic amines is 1. The van der Waals surface area contributed by atoms with Gasteiger partial charge in [-0.3, -0.25) is 10.2 Å². The van der Waals surface area contributed by atoms with Crippen molar-refractivity contribution in [2.24, 2.45) is 5.10 Å². The molecule has 0 fully saturated rings. The van der Waals surface area contributed by atoms with Gasteiger partial charge in [-0.2, -0.15) is 15.6 Å². The molecular weight excluding hydrogens is 266 g/mol. The summed E-state index contributed by atoms with van der Waals surface area (Å²) in [6.45, 7) is 0. The number of benzene rings is 1. The molecule has 7 heteroatoms. The summed E-state index contributed by atoms with van der Waals surface area (Å²) in [5.41, 5.74) is 2.42. The van der Waals surface area contributed by atoms with Crippen molar-refractivity contribution in [1.82, 2.24) is 4.98 Å². The molecule has 6 nitrogen and oxygen atoms in total. The van der Waals surface area contributed by atoms with Crippen LogP contribution in [0.2, 0.25) is 5.02 Å². The van der Waals surface area contributed by atoms with Crippen LogP contribution >= 0.6 is 11.6 Å². The van der Waals surface area contributed by atoms with Crippen molar-refractivity contribution in [3.8, 4) is 12.1 Å². The van der Waals surface area contributed by atoms with Gasteiger partial charge in [0.1, 0.15) is 12.1 Å². The second kappa shape index (κ2) is 5.21. The van der Waals surface area contributed by atoms with Crippen LogP contribution in [0.25, 0.3) is 10.8 Å². The number of nitrogens with zero attached hydrogens (tertiary/aromatic N) is 3. The van der Waals surface area contributed by atoms with Gasteiger partial charge in [-0.25, -0.2) is 0 Å². The van der Waals surface area contributed by atoms with E-state index in [1.165, 1.54) is 12.3 Å². The summed E-state index contributed by atoms with van der Waals surface area (Å²) in [6.07, 6.45) is 1.42. The lowest BCUT2D eigenvalue weighted by atomic mass is 10.1. The second-order valence-electron chi connectivity index (χ2n) is 3.52. The fourth-order valence-corrected chi connectivity index (χ4v) is 1.71. The third-order valence-corrected chi connectivity index (χ3v) is 2.67. The number of rotatable bonds is 2. The molecule has 1 aromatic carbocycles. The van der Waals surface area contributed by atoms with E-state index in [0.717, 1.165) is 0 Å². The molecule has 2 aromatic rings. The number of hydrogen-bond donors (Lipinski definition) is 2. The summed E-state index contributed by atoms with van der Waals surface area (Å²) in [5, 5.41) is 22.1. The third-order valence-electron chi connectivity index (χ3n) is 2.36. The van der Waals surface area contributed by atoms with E-state index < -0.39 is 0 Å². The highest BCUT2D eigenvalue weighted by molar-refractivity contribution is 6.35. The van der Waals surface area contributed by atoms with Crippen LogP contribution in [0.4, 0.5) is 5.69 Å². The van der Waals surface area contributed by atoms with Gasteiger partial charge >= 0.3 is 0 Å². The zero-order valence-electron chi connectivity index (χ0n) is 9.44. The Morgan fingerprint density at radius 3 is 2.74 bits per heavy atom. The van der Waals surface area contributed by atoms with Crippen LogP contribution in [0.5, 0.6) is 0 Å². The van der Waals surface area contributed by atoms with E-state index in [9.17, 15) is 4.79 Å². The molecule has 0 radical (unpaired) electrons. The van der Waals surface area contributed by atoms with Crippen LogP contribution < -0.4 is 11.0 Å². The predicted molar refractivity (Wildman–Crippen MR) is 71.9 cm³/mol. The van der Waals surface area contributed by atoms with Crippen LogP contribution in [0, 0.1) is 22.7 Å². The van der Waals surface area contributed by atoms with Crippen LogP contribution in [0.3, 0.4) is 0 Å². The summed E-state index contributed by atoms with van der Waals surface area (Å²) in [4.78, 5) is 14.2. The first kappa shape index (κ1) is 12.6. The average Bonchev–Trinajstić information content (AvgIpc) is 2.44. The topological polar surface area (TPSA) is 105 Å². The van der Waals surface area contributed by atoms with Gasteiger partial charge in [0.05, 0.1) is 16.1 Å². The monoisotopic (exact) mass is 271 g/mol. The fourth-order valence-electron chi connectivity index (χ4n) is 1.49. The van der Waals surface area contributed by atoms with Gasteiger partial charge in [0.25, 0.3) is 5.56 Å². The first-order chi connectivity index (χ1) is 9.15. The molecule has 0 aliphatic heterocycles. The first-order valence-corrected chi connectivity index (χ1v) is 5.48. The molecule has 0 aliphatic carbocycles. The van der Waals surface area contributed by atoms with E-state index in [4.69, 9.17) is 22.1 Å². The van der Waals surface area contributed by atoms with Gasteiger partial charge in [-0.05, 0) is 12.1 Å². The van der Waals surface area contributed by atoms with Gasteiger partial charge in [0, 0.05) is 11.6 Å². The van der Waals surface area contributed by atoms with E-state index in [0.29, 0.717) is 21.5 Å². The summed E-state index contributed by atoms with van der Waals surface area (Å²) >= 11 is 5.95. The van der Waals surface area contributed by atoms with Gasteiger partial charge in [0.15, 0.2) is 0 Å². The molecule has 19 heavy (non-hydrogen) atoms. The molecule has 0 amide bonds. The van der Waals surface area contributed by atoms with Crippen molar-refractivity contribution in [3.05, 3.63) is 39.8 Å². The summed E-state index contributed by atoms with van der Waals surface area (Å²) < 4.78 is 0. The highest BCUT2D eigenvalue weighted by atomic mass is 35.5. The van der Waals surface area contributed by atoms with Crippen LogP contribution in [0.1, 0.15) is 0 Å². The van der Waals surface area contributed by atoms with Gasteiger partial charge < -0.3 is 4.98 Å². The molecular formula is C12H6ClN5O. The molecule has 2 rings (SSSR count). The maximum absolute atomic E-state index is 11.7. The van der Waals surface area contributed by atoms with Crippen molar-refractivity contribution in [1.29, 1.82) is 10.5 Å². The van der Waals surface area contributed by atoms with Crippen LogP contribution in [-0.4, -0.2) is 10.7 Å². The Labute approximate surface area is 112 Å². The Morgan fingerprint density at radius 1 is 1.32 bits per heavy atom. The fraction of sp³-hybridized carbons (Fsp3) is 0. The number of fused-ring (bicyclic) bond motifs is 1. The smallest absolute Gasteiger partial charge is 0.255 e. The number of aromatic nitrogens is 1. The minimum absolute atomic E-state index is 0.284. The number of pyridine rings is 1. The second-order valence-corrected chi connectivity index (χ2v) is 3.93. The number of H-pyrrole nitrogens is 1. The molecule has 1 heterocycles. The van der Waals surface area contributed by atoms with Crippen molar-refractivity contribution in [2.45, 2.75) is 0 Å². The van der Waals surface area contributed by atoms with E-state index in [-0.39, 0.29) is 11.3 Å². The van der Waals surface area contributed by atoms with E-state index in [1.807, 2.05) is 0 Å². The lowest BCUT2D eigenvalue weighted by Gasteiger charge is -2.03. The number of hydrogen-bond acceptors (Lipinski definition) is 5. The maximum atomic E-state index is 11.7. The average molecular weight is 272 g/mol. The zero-order valence-corrected chi connectivity index (χ0v) is 10.2. The Morgan fingerprint density at radius 2 is 2.05 bits per heavy atom. The zero-order chi connectivity index (χ0) is 13.8. The molecule has 0 spiro atoms. The summed E-state index contributed by atoms with van der Waals surface area (Å²) in [5.74, 6) is 0. The standard InChI is InChI=1S/C12H6ClN5O/c13-11-6-16-12(19)10-3-7(1-2-9(10)11)17-18-8(4-14)5-15/h1-3,6,17H,(H,16,19). The maximum Gasteiger partial charge on any atom is 0.255 e. The number of nitrogens with one attached hydrogen (secondary N) is 2. The largest absolute Gasteiger partial charge is 0.327 e. The van der Waals surface area contributed by atoms with Crippen LogP contribution in [0.15, 0.2) is 34.3 Å². The predicted octanol–water partition coefficient (Wildman–Crippen LogP) is 2.00. The molecule has 0 saturated heterocycles. The van der Waals surface area contributed by atoms with Crippen molar-refractivity contribution in [2.75, 3.05) is 5.43 Å². The Hall–Kier alpha value is -2.83. The SMILES string of the molecule is N#CC(C#N)=NNc1ccc2c(Cl)c[nH]c(=O)c2c1. The molecule has 0 saturated carbocycles. The lowest BCUT2D eigenvalue weighted by Crippen LogP contribution is -2.05. The number of anilines is 1. The molecule has 0 atom stereocenters. The van der Waals surface area contributed by atoms with Crippen molar-refractivity contribution in [3.63, 3.8) is 0 Å². The van der Waals surface area contributed by atoms with Crippen molar-refractivity contribution >= 4 is 33.8 Å². The highest BCUT2D eigenvalue weighted by Gasteiger charge is 2.04. The van der Waals surface area contributed by atoms with Gasteiger partial charge in [-0.15, -0.1) is 0 Å². The number of hydrazone groups is 1. The summed E-state index contributed by atoms with van der Waals surface area (Å²) in [7, 11) is 0. The Bertz CT molecular complexity index is 793. The minimum Gasteiger partial charge on any atom is -0.327 e.